The summed E-state index contributed by atoms with van der Waals surface area (Å²) in [6.45, 7) is 2.20. The van der Waals surface area contributed by atoms with Gasteiger partial charge in [0.1, 0.15) is 0 Å². The molecule has 0 radical (unpaired) electrons. The van der Waals surface area contributed by atoms with Crippen LogP contribution in [0.1, 0.15) is 32.1 Å². The molecule has 1 saturated heterocycles. The lowest BCUT2D eigenvalue weighted by Crippen LogP contribution is -2.55. The van der Waals surface area contributed by atoms with Gasteiger partial charge in [-0.1, -0.05) is 0 Å². The Morgan fingerprint density at radius 2 is 2.14 bits per heavy atom. The van der Waals surface area contributed by atoms with Crippen LogP contribution in [0.25, 0.3) is 0 Å². The minimum absolute atomic E-state index is 0.0232. The van der Waals surface area contributed by atoms with Gasteiger partial charge in [0.2, 0.25) is 5.92 Å². The Bertz CT molecular complexity index is 372. The monoisotopic (exact) mass is 319 g/mol. The number of rotatable bonds is 5. The van der Waals surface area contributed by atoms with Crippen molar-refractivity contribution < 1.29 is 18.3 Å². The number of halogens is 2. The second-order valence-corrected chi connectivity index (χ2v) is 6.53. The Balaban J connectivity index is 1.98. The third kappa shape index (κ3) is 4.52. The summed E-state index contributed by atoms with van der Waals surface area (Å²) in [6.07, 6.45) is 1.89. The van der Waals surface area contributed by atoms with Crippen molar-refractivity contribution in [3.05, 3.63) is 0 Å². The van der Waals surface area contributed by atoms with E-state index in [0.29, 0.717) is 32.6 Å². The SMILES string of the molecule is CNCC(CC1CCC(F)(F)CC1)C1COCCN1C(N)=O. The summed E-state index contributed by atoms with van der Waals surface area (Å²) >= 11 is 0. The van der Waals surface area contributed by atoms with Crippen molar-refractivity contribution in [3.63, 3.8) is 0 Å². The average Bonchev–Trinajstić information content (AvgIpc) is 2.48. The molecule has 2 aliphatic rings. The quantitative estimate of drug-likeness (QED) is 0.812. The first-order valence-corrected chi connectivity index (χ1v) is 8.09. The third-order valence-electron chi connectivity index (χ3n) is 4.93. The zero-order valence-electron chi connectivity index (χ0n) is 13.2. The molecule has 3 N–H and O–H groups in total. The van der Waals surface area contributed by atoms with Gasteiger partial charge in [0.05, 0.1) is 19.3 Å². The molecule has 2 unspecified atom stereocenters. The van der Waals surface area contributed by atoms with Crippen LogP contribution in [0.5, 0.6) is 0 Å². The summed E-state index contributed by atoms with van der Waals surface area (Å²) in [5, 5.41) is 3.15. The van der Waals surface area contributed by atoms with Crippen LogP contribution in [-0.2, 0) is 4.74 Å². The molecule has 0 bridgehead atoms. The number of ether oxygens (including phenoxy) is 1. The number of carbonyl (C=O) groups is 1. The topological polar surface area (TPSA) is 67.6 Å². The normalized spacial score (nSPS) is 27.6. The second-order valence-electron chi connectivity index (χ2n) is 6.53. The first-order chi connectivity index (χ1) is 10.4. The minimum Gasteiger partial charge on any atom is -0.377 e. The van der Waals surface area contributed by atoms with Crippen LogP contribution in [-0.4, -0.2) is 56.2 Å². The highest BCUT2D eigenvalue weighted by atomic mass is 19.3. The fourth-order valence-corrected chi connectivity index (χ4v) is 3.69. The Morgan fingerprint density at radius 1 is 1.45 bits per heavy atom. The molecule has 1 aliphatic heterocycles. The van der Waals surface area contributed by atoms with Crippen molar-refractivity contribution in [1.29, 1.82) is 0 Å². The Kier molecular flexibility index (Phi) is 5.97. The van der Waals surface area contributed by atoms with Crippen LogP contribution >= 0.6 is 0 Å². The number of nitrogens with two attached hydrogens (primary N) is 1. The highest BCUT2D eigenvalue weighted by Crippen LogP contribution is 2.39. The van der Waals surface area contributed by atoms with Crippen molar-refractivity contribution in [3.8, 4) is 0 Å². The van der Waals surface area contributed by atoms with Crippen LogP contribution in [0.3, 0.4) is 0 Å². The number of urea groups is 1. The molecule has 2 amide bonds. The van der Waals surface area contributed by atoms with Crippen molar-refractivity contribution in [2.24, 2.45) is 17.6 Å². The molecule has 2 atom stereocenters. The van der Waals surface area contributed by atoms with Crippen molar-refractivity contribution in [2.75, 3.05) is 33.4 Å². The lowest BCUT2D eigenvalue weighted by atomic mass is 9.79. The number of morpholine rings is 1. The molecule has 1 aliphatic carbocycles. The van der Waals surface area contributed by atoms with Gasteiger partial charge >= 0.3 is 6.03 Å². The highest BCUT2D eigenvalue weighted by Gasteiger charge is 2.38. The first-order valence-electron chi connectivity index (χ1n) is 8.09. The highest BCUT2D eigenvalue weighted by molar-refractivity contribution is 5.72. The largest absolute Gasteiger partial charge is 0.377 e. The lowest BCUT2D eigenvalue weighted by molar-refractivity contribution is -0.0528. The molecule has 22 heavy (non-hydrogen) atoms. The summed E-state index contributed by atoms with van der Waals surface area (Å²) < 4.78 is 32.1. The predicted molar refractivity (Wildman–Crippen MR) is 79.8 cm³/mol. The van der Waals surface area contributed by atoms with E-state index in [2.05, 4.69) is 5.32 Å². The Hall–Kier alpha value is -0.950. The number of carbonyl (C=O) groups excluding carboxylic acids is 1. The molecule has 0 aromatic carbocycles. The zero-order chi connectivity index (χ0) is 16.2. The summed E-state index contributed by atoms with van der Waals surface area (Å²) in [5.74, 6) is -2.04. The maximum Gasteiger partial charge on any atom is 0.315 e. The van der Waals surface area contributed by atoms with Gasteiger partial charge < -0.3 is 20.7 Å². The van der Waals surface area contributed by atoms with Crippen LogP contribution in [0, 0.1) is 11.8 Å². The van der Waals surface area contributed by atoms with Gasteiger partial charge in [0.15, 0.2) is 0 Å². The van der Waals surface area contributed by atoms with E-state index in [-0.39, 0.29) is 30.7 Å². The molecule has 1 saturated carbocycles. The third-order valence-corrected chi connectivity index (χ3v) is 4.93. The summed E-state index contributed by atoms with van der Waals surface area (Å²) in [6, 6.07) is -0.495. The van der Waals surface area contributed by atoms with Gasteiger partial charge in [0, 0.05) is 19.4 Å². The number of hydrogen-bond acceptors (Lipinski definition) is 3. The van der Waals surface area contributed by atoms with Crippen molar-refractivity contribution >= 4 is 6.03 Å². The van der Waals surface area contributed by atoms with E-state index in [0.717, 1.165) is 13.0 Å². The Labute approximate surface area is 130 Å². The number of primary amides is 1. The van der Waals surface area contributed by atoms with Gasteiger partial charge in [-0.3, -0.25) is 0 Å². The molecule has 7 heteroatoms. The molecule has 0 aromatic rings. The van der Waals surface area contributed by atoms with Gasteiger partial charge in [-0.05, 0) is 44.7 Å². The fourth-order valence-electron chi connectivity index (χ4n) is 3.69. The molecule has 5 nitrogen and oxygen atoms in total. The molecule has 128 valence electrons. The van der Waals surface area contributed by atoms with Crippen LogP contribution < -0.4 is 11.1 Å². The van der Waals surface area contributed by atoms with Gasteiger partial charge in [-0.2, -0.15) is 0 Å². The predicted octanol–water partition coefficient (Wildman–Crippen LogP) is 1.82. The molecule has 2 fully saturated rings. The van der Waals surface area contributed by atoms with Crippen molar-refractivity contribution in [2.45, 2.75) is 44.1 Å². The van der Waals surface area contributed by atoms with Gasteiger partial charge in [-0.15, -0.1) is 0 Å². The molecule has 2 rings (SSSR count). The average molecular weight is 319 g/mol. The van der Waals surface area contributed by atoms with E-state index in [9.17, 15) is 13.6 Å². The number of nitrogens with zero attached hydrogens (tertiary/aromatic N) is 1. The fraction of sp³-hybridized carbons (Fsp3) is 0.933. The molecule has 1 heterocycles. The van der Waals surface area contributed by atoms with Crippen molar-refractivity contribution in [1.82, 2.24) is 10.2 Å². The molecular formula is C15H27F2N3O2. The number of hydrogen-bond donors (Lipinski definition) is 2. The number of nitrogens with one attached hydrogen (secondary N) is 1. The van der Waals surface area contributed by atoms with E-state index in [4.69, 9.17) is 10.5 Å². The van der Waals surface area contributed by atoms with E-state index in [1.165, 1.54) is 0 Å². The number of alkyl halides is 2. The molecule has 0 aromatic heterocycles. The van der Waals surface area contributed by atoms with Crippen LogP contribution in [0.4, 0.5) is 13.6 Å². The maximum absolute atomic E-state index is 13.3. The van der Waals surface area contributed by atoms with E-state index >= 15 is 0 Å². The minimum atomic E-state index is -2.50. The van der Waals surface area contributed by atoms with E-state index in [1.54, 1.807) is 4.90 Å². The second kappa shape index (κ2) is 7.55. The summed E-state index contributed by atoms with van der Waals surface area (Å²) in [7, 11) is 1.86. The van der Waals surface area contributed by atoms with Crippen LogP contribution in [0.2, 0.25) is 0 Å². The molecular weight excluding hydrogens is 292 g/mol. The number of amides is 2. The standard InChI is InChI=1S/C15H27F2N3O2/c1-19-9-12(8-11-2-4-15(16,17)5-3-11)13-10-22-7-6-20(13)14(18)21/h11-13,19H,2-10H2,1H3,(H2,18,21). The Morgan fingerprint density at radius 3 is 2.73 bits per heavy atom. The zero-order valence-corrected chi connectivity index (χ0v) is 13.2. The summed E-state index contributed by atoms with van der Waals surface area (Å²) in [4.78, 5) is 13.3. The van der Waals surface area contributed by atoms with Gasteiger partial charge in [0.25, 0.3) is 0 Å². The smallest absolute Gasteiger partial charge is 0.315 e. The maximum atomic E-state index is 13.3. The lowest BCUT2D eigenvalue weighted by Gasteiger charge is -2.41. The van der Waals surface area contributed by atoms with E-state index < -0.39 is 12.0 Å². The summed E-state index contributed by atoms with van der Waals surface area (Å²) in [5.41, 5.74) is 5.47. The van der Waals surface area contributed by atoms with E-state index in [1.807, 2.05) is 7.05 Å². The van der Waals surface area contributed by atoms with Gasteiger partial charge in [-0.25, -0.2) is 13.6 Å². The molecule has 0 spiro atoms. The van der Waals surface area contributed by atoms with Crippen LogP contribution in [0.15, 0.2) is 0 Å². The first kappa shape index (κ1) is 17.4.